The Kier molecular flexibility index (Phi) is 2.32. The molecule has 4 rings (SSSR count). The van der Waals surface area contributed by atoms with Crippen LogP contribution in [0.4, 0.5) is 0 Å². The fourth-order valence-corrected chi connectivity index (χ4v) is 2.80. The molecular weight excluding hydrogens is 264 g/mol. The smallest absolute Gasteiger partial charge is 0.176 e. The number of benzene rings is 1. The van der Waals surface area contributed by atoms with Gasteiger partial charge in [0.2, 0.25) is 0 Å². The zero-order chi connectivity index (χ0) is 12.8. The third-order valence-corrected chi connectivity index (χ3v) is 3.87. The first-order valence-corrected chi connectivity index (χ1v) is 6.66. The van der Waals surface area contributed by atoms with Gasteiger partial charge in [0.05, 0.1) is 0 Å². The van der Waals surface area contributed by atoms with Crippen LogP contribution in [0, 0.1) is 0 Å². The van der Waals surface area contributed by atoms with E-state index in [1.807, 2.05) is 30.6 Å². The molecule has 3 aliphatic rings. The van der Waals surface area contributed by atoms with Gasteiger partial charge >= 0.3 is 0 Å². The summed E-state index contributed by atoms with van der Waals surface area (Å²) < 4.78 is 0. The van der Waals surface area contributed by atoms with Crippen LogP contribution in [0.5, 0.6) is 0 Å². The molecule has 1 aromatic carbocycles. The van der Waals surface area contributed by atoms with Gasteiger partial charge in [-0.25, -0.2) is 10.0 Å². The Bertz CT molecular complexity index is 554. The van der Waals surface area contributed by atoms with Crippen molar-refractivity contribution in [2.45, 2.75) is 25.2 Å². The molecule has 2 unspecified atom stereocenters. The van der Waals surface area contributed by atoms with E-state index in [0.717, 1.165) is 29.3 Å². The average molecular weight is 277 g/mol. The number of hydrazine groups is 1. The molecule has 2 atom stereocenters. The fraction of sp³-hybridized carbons (Fsp3) is 0.333. The minimum Gasteiger partial charge on any atom is -0.284 e. The van der Waals surface area contributed by atoms with Gasteiger partial charge in [-0.2, -0.15) is 10.2 Å². The van der Waals surface area contributed by atoms with Crippen LogP contribution in [0.15, 0.2) is 34.5 Å². The van der Waals surface area contributed by atoms with Crippen LogP contribution in [0.2, 0.25) is 5.02 Å². The summed E-state index contributed by atoms with van der Waals surface area (Å²) in [6.07, 6.45) is 4.31. The van der Waals surface area contributed by atoms with Crippen molar-refractivity contribution in [2.75, 3.05) is 0 Å². The molecule has 19 heavy (non-hydrogen) atoms. The molecule has 0 radical (unpaired) electrons. The molecular formula is C12H13ClN6. The Morgan fingerprint density at radius 2 is 1.89 bits per heavy atom. The highest BCUT2D eigenvalue weighted by atomic mass is 35.5. The number of hydrogen-bond acceptors (Lipinski definition) is 6. The van der Waals surface area contributed by atoms with Crippen molar-refractivity contribution in [1.29, 1.82) is 0 Å². The molecule has 7 heteroatoms. The van der Waals surface area contributed by atoms with Gasteiger partial charge in [0, 0.05) is 10.6 Å². The minimum atomic E-state index is 0.202. The first-order chi connectivity index (χ1) is 9.33. The van der Waals surface area contributed by atoms with Crippen LogP contribution in [-0.2, 0) is 0 Å². The second-order valence-electron chi connectivity index (χ2n) is 4.78. The molecule has 0 aromatic heterocycles. The van der Waals surface area contributed by atoms with Crippen molar-refractivity contribution < 1.29 is 0 Å². The highest BCUT2D eigenvalue weighted by Gasteiger charge is 2.41. The lowest BCUT2D eigenvalue weighted by Gasteiger charge is -2.41. The van der Waals surface area contributed by atoms with E-state index < -0.39 is 0 Å². The lowest BCUT2D eigenvalue weighted by atomic mass is 10.1. The molecule has 1 fully saturated rings. The summed E-state index contributed by atoms with van der Waals surface area (Å²) in [4.78, 5) is 0. The molecule has 0 bridgehead atoms. The van der Waals surface area contributed by atoms with Crippen LogP contribution in [0.25, 0.3) is 0 Å². The summed E-state index contributed by atoms with van der Waals surface area (Å²) >= 11 is 5.93. The van der Waals surface area contributed by atoms with Gasteiger partial charge in [-0.1, -0.05) is 11.6 Å². The lowest BCUT2D eigenvalue weighted by Crippen LogP contribution is -2.59. The zero-order valence-corrected chi connectivity index (χ0v) is 10.9. The maximum absolute atomic E-state index is 5.93. The first-order valence-electron chi connectivity index (χ1n) is 6.28. The number of hydrazone groups is 2. The third-order valence-electron chi connectivity index (χ3n) is 3.62. The highest BCUT2D eigenvalue weighted by molar-refractivity contribution is 6.30. The van der Waals surface area contributed by atoms with Crippen LogP contribution < -0.4 is 10.9 Å². The van der Waals surface area contributed by atoms with Crippen LogP contribution >= 0.6 is 11.6 Å². The maximum atomic E-state index is 5.93. The molecule has 0 aliphatic carbocycles. The third kappa shape index (κ3) is 1.63. The second kappa shape index (κ2) is 4.03. The molecule has 0 spiro atoms. The van der Waals surface area contributed by atoms with E-state index in [-0.39, 0.29) is 12.3 Å². The number of nitrogens with zero attached hydrogens (tertiary/aromatic N) is 4. The van der Waals surface area contributed by atoms with E-state index in [4.69, 9.17) is 11.6 Å². The standard InChI is InChI=1S/C12H13ClN6/c13-9-3-1-8(2-4-9)12-17-16-11-6-5-10-15-14-7-18(10)19(11)12/h1-4,7,10-11,15-16H,5-6H2. The molecule has 6 nitrogen and oxygen atoms in total. The van der Waals surface area contributed by atoms with Gasteiger partial charge in [0.15, 0.2) is 5.84 Å². The van der Waals surface area contributed by atoms with Crippen molar-refractivity contribution >= 4 is 23.8 Å². The van der Waals surface area contributed by atoms with E-state index in [0.29, 0.717) is 0 Å². The van der Waals surface area contributed by atoms with Crippen LogP contribution in [0.3, 0.4) is 0 Å². The molecule has 2 N–H and O–H groups in total. The Morgan fingerprint density at radius 3 is 2.74 bits per heavy atom. The molecule has 98 valence electrons. The topological polar surface area (TPSA) is 55.3 Å². The molecule has 0 amide bonds. The molecule has 3 heterocycles. The summed E-state index contributed by atoms with van der Waals surface area (Å²) in [6.45, 7) is 0. The van der Waals surface area contributed by atoms with Crippen molar-refractivity contribution in [3.8, 4) is 0 Å². The highest BCUT2D eigenvalue weighted by Crippen LogP contribution is 2.27. The predicted octanol–water partition coefficient (Wildman–Crippen LogP) is 1.12. The molecule has 0 saturated carbocycles. The predicted molar refractivity (Wildman–Crippen MR) is 73.2 cm³/mol. The van der Waals surface area contributed by atoms with E-state index in [9.17, 15) is 0 Å². The lowest BCUT2D eigenvalue weighted by molar-refractivity contribution is 0.000109. The SMILES string of the molecule is Clc1ccc(C2=NNC3CCC4NN=CN4N23)cc1. The van der Waals surface area contributed by atoms with Gasteiger partial charge in [-0.15, -0.1) is 0 Å². The Hall–Kier alpha value is -1.95. The van der Waals surface area contributed by atoms with Gasteiger partial charge in [0.1, 0.15) is 18.7 Å². The normalized spacial score (nSPS) is 27.5. The minimum absolute atomic E-state index is 0.202. The summed E-state index contributed by atoms with van der Waals surface area (Å²) in [5.74, 6) is 0.904. The number of amidine groups is 1. The number of halogens is 1. The van der Waals surface area contributed by atoms with Gasteiger partial charge in [-0.05, 0) is 37.1 Å². The number of rotatable bonds is 1. The van der Waals surface area contributed by atoms with E-state index in [1.54, 1.807) is 0 Å². The summed E-state index contributed by atoms with van der Waals surface area (Å²) in [5, 5.41) is 13.6. The average Bonchev–Trinajstić information content (AvgIpc) is 3.04. The first kappa shape index (κ1) is 10.9. The summed E-state index contributed by atoms with van der Waals surface area (Å²) in [5.41, 5.74) is 7.33. The van der Waals surface area contributed by atoms with E-state index >= 15 is 0 Å². The van der Waals surface area contributed by atoms with Gasteiger partial charge in [0.25, 0.3) is 0 Å². The largest absolute Gasteiger partial charge is 0.284 e. The van der Waals surface area contributed by atoms with Crippen LogP contribution in [-0.4, -0.2) is 34.5 Å². The number of fused-ring (bicyclic) bond motifs is 3. The van der Waals surface area contributed by atoms with Crippen LogP contribution in [0.1, 0.15) is 18.4 Å². The molecule has 1 saturated heterocycles. The molecule has 1 aromatic rings. The number of nitrogens with one attached hydrogen (secondary N) is 2. The van der Waals surface area contributed by atoms with Gasteiger partial charge in [-0.3, -0.25) is 10.9 Å². The van der Waals surface area contributed by atoms with Crippen molar-refractivity contribution in [3.05, 3.63) is 34.9 Å². The Balaban J connectivity index is 1.69. The molecule has 3 aliphatic heterocycles. The zero-order valence-electron chi connectivity index (χ0n) is 10.1. The summed E-state index contributed by atoms with van der Waals surface area (Å²) in [7, 11) is 0. The van der Waals surface area contributed by atoms with Crippen molar-refractivity contribution in [2.24, 2.45) is 10.2 Å². The van der Waals surface area contributed by atoms with E-state index in [2.05, 4.69) is 31.1 Å². The van der Waals surface area contributed by atoms with Gasteiger partial charge < -0.3 is 0 Å². The van der Waals surface area contributed by atoms with E-state index in [1.165, 1.54) is 0 Å². The summed E-state index contributed by atoms with van der Waals surface area (Å²) in [6, 6.07) is 7.72. The maximum Gasteiger partial charge on any atom is 0.176 e. The fourth-order valence-electron chi connectivity index (χ4n) is 2.68. The quantitative estimate of drug-likeness (QED) is 0.807. The monoisotopic (exact) mass is 276 g/mol. The Labute approximate surface area is 115 Å². The van der Waals surface area contributed by atoms with Crippen molar-refractivity contribution in [3.63, 3.8) is 0 Å². The Morgan fingerprint density at radius 1 is 1.11 bits per heavy atom. The second-order valence-corrected chi connectivity index (χ2v) is 5.22. The number of hydrogen-bond donors (Lipinski definition) is 2. The van der Waals surface area contributed by atoms with Crippen molar-refractivity contribution in [1.82, 2.24) is 20.9 Å².